The lowest BCUT2D eigenvalue weighted by Crippen LogP contribution is -2.07. The summed E-state index contributed by atoms with van der Waals surface area (Å²) in [4.78, 5) is 3.18. The zero-order valence-electron chi connectivity index (χ0n) is 19.7. The molecule has 0 fully saturated rings. The monoisotopic (exact) mass is 497 g/mol. The summed E-state index contributed by atoms with van der Waals surface area (Å²) < 4.78 is 52.5. The van der Waals surface area contributed by atoms with E-state index in [1.54, 1.807) is 18.3 Å². The third-order valence-corrected chi connectivity index (χ3v) is 5.76. The summed E-state index contributed by atoms with van der Waals surface area (Å²) in [6.07, 6.45) is -2.73. The number of fused-ring (bicyclic) bond motifs is 1. The Labute approximate surface area is 212 Å². The third kappa shape index (κ3) is 5.79. The second kappa shape index (κ2) is 10.5. The first-order valence-electron chi connectivity index (χ1n) is 11.6. The number of nitrogens with one attached hydrogen (secondary N) is 1. The molecule has 1 heterocycles. The number of rotatable bonds is 6. The van der Waals surface area contributed by atoms with Gasteiger partial charge in [0.15, 0.2) is 0 Å². The number of benzene rings is 4. The van der Waals surface area contributed by atoms with E-state index in [4.69, 9.17) is 9.47 Å². The Morgan fingerprint density at radius 1 is 0.676 bits per heavy atom. The standard InChI is InChI=1S/C31H22F3NO2/c32-31(33,34)26-14-8-7-13-25(26)16-15-24-17-27-30(28(18-24)36-20-22-9-3-1-4-10-22)29(19-35-27)37-21-23-11-5-2-6-12-23/h1-14,17-19,35H,20-21H2. The van der Waals surface area contributed by atoms with Crippen molar-refractivity contribution in [3.8, 4) is 23.3 Å². The fourth-order valence-corrected chi connectivity index (χ4v) is 3.95. The van der Waals surface area contributed by atoms with Crippen molar-refractivity contribution in [1.29, 1.82) is 0 Å². The number of hydrogen-bond donors (Lipinski definition) is 1. The van der Waals surface area contributed by atoms with E-state index in [1.807, 2.05) is 60.7 Å². The molecule has 0 saturated carbocycles. The summed E-state index contributed by atoms with van der Waals surface area (Å²) in [5.41, 5.74) is 2.38. The highest BCUT2D eigenvalue weighted by molar-refractivity contribution is 5.93. The minimum Gasteiger partial charge on any atom is -0.488 e. The smallest absolute Gasteiger partial charge is 0.417 e. The molecule has 0 aliphatic heterocycles. The van der Waals surface area contributed by atoms with E-state index in [-0.39, 0.29) is 5.56 Å². The molecule has 1 aromatic heterocycles. The molecule has 3 nitrogen and oxygen atoms in total. The highest BCUT2D eigenvalue weighted by Gasteiger charge is 2.32. The number of hydrogen-bond acceptors (Lipinski definition) is 2. The van der Waals surface area contributed by atoms with Gasteiger partial charge in [-0.05, 0) is 35.4 Å². The molecule has 37 heavy (non-hydrogen) atoms. The normalized spacial score (nSPS) is 11.1. The second-order valence-electron chi connectivity index (χ2n) is 8.39. The van der Waals surface area contributed by atoms with Gasteiger partial charge in [0.2, 0.25) is 0 Å². The maximum absolute atomic E-state index is 13.4. The maximum Gasteiger partial charge on any atom is 0.417 e. The number of aromatic amines is 1. The van der Waals surface area contributed by atoms with Crippen LogP contribution >= 0.6 is 0 Å². The van der Waals surface area contributed by atoms with Crippen molar-refractivity contribution in [1.82, 2.24) is 4.98 Å². The van der Waals surface area contributed by atoms with Crippen LogP contribution in [0.5, 0.6) is 11.5 Å². The van der Waals surface area contributed by atoms with Gasteiger partial charge >= 0.3 is 6.18 Å². The molecule has 4 aromatic carbocycles. The summed E-state index contributed by atoms with van der Waals surface area (Å²) in [6.45, 7) is 0.689. The Hall–Kier alpha value is -4.63. The second-order valence-corrected chi connectivity index (χ2v) is 8.39. The largest absolute Gasteiger partial charge is 0.488 e. The summed E-state index contributed by atoms with van der Waals surface area (Å²) in [5.74, 6) is 6.71. The van der Waals surface area contributed by atoms with Gasteiger partial charge in [-0.3, -0.25) is 0 Å². The van der Waals surface area contributed by atoms with Crippen LogP contribution in [0.2, 0.25) is 0 Å². The SMILES string of the molecule is FC(F)(F)c1ccccc1C#Cc1cc(OCc2ccccc2)c2c(OCc3ccccc3)c[nH]c2c1. The summed E-state index contributed by atoms with van der Waals surface area (Å²) in [5, 5.41) is 0.744. The van der Waals surface area contributed by atoms with E-state index in [1.165, 1.54) is 18.2 Å². The molecule has 0 aliphatic rings. The number of halogens is 3. The van der Waals surface area contributed by atoms with Crippen LogP contribution in [0.15, 0.2) is 103 Å². The topological polar surface area (TPSA) is 34.2 Å². The van der Waals surface area contributed by atoms with Crippen molar-refractivity contribution < 1.29 is 22.6 Å². The predicted molar refractivity (Wildman–Crippen MR) is 137 cm³/mol. The minimum atomic E-state index is -4.48. The average Bonchev–Trinajstić information content (AvgIpc) is 3.33. The van der Waals surface area contributed by atoms with E-state index in [0.717, 1.165) is 22.6 Å². The van der Waals surface area contributed by atoms with Gasteiger partial charge in [0, 0.05) is 17.3 Å². The van der Waals surface area contributed by atoms with Crippen LogP contribution in [0.1, 0.15) is 27.8 Å². The molecule has 5 aromatic rings. The van der Waals surface area contributed by atoms with Crippen LogP contribution in [0, 0.1) is 11.8 Å². The fraction of sp³-hybridized carbons (Fsp3) is 0.0968. The summed E-state index contributed by atoms with van der Waals surface area (Å²) >= 11 is 0. The Kier molecular flexibility index (Phi) is 6.87. The number of H-pyrrole nitrogens is 1. The molecule has 0 saturated heterocycles. The Bertz CT molecular complexity index is 1560. The summed E-state index contributed by atoms with van der Waals surface area (Å²) in [7, 11) is 0. The number of alkyl halides is 3. The molecule has 184 valence electrons. The van der Waals surface area contributed by atoms with Crippen LogP contribution in [0.3, 0.4) is 0 Å². The highest BCUT2D eigenvalue weighted by Crippen LogP contribution is 2.36. The molecule has 0 aliphatic carbocycles. The van der Waals surface area contributed by atoms with Crippen molar-refractivity contribution >= 4 is 10.9 Å². The summed E-state index contributed by atoms with van der Waals surface area (Å²) in [6, 6.07) is 28.3. The highest BCUT2D eigenvalue weighted by atomic mass is 19.4. The molecule has 1 N–H and O–H groups in total. The van der Waals surface area contributed by atoms with E-state index in [2.05, 4.69) is 16.8 Å². The van der Waals surface area contributed by atoms with E-state index in [9.17, 15) is 13.2 Å². The molecule has 0 spiro atoms. The molecule has 0 unspecified atom stereocenters. The van der Waals surface area contributed by atoms with E-state index < -0.39 is 11.7 Å². The lowest BCUT2D eigenvalue weighted by Gasteiger charge is -2.11. The molecule has 0 radical (unpaired) electrons. The number of ether oxygens (including phenoxy) is 2. The van der Waals surface area contributed by atoms with Gasteiger partial charge in [0.1, 0.15) is 24.7 Å². The first-order valence-corrected chi connectivity index (χ1v) is 11.6. The Balaban J connectivity index is 1.51. The van der Waals surface area contributed by atoms with Crippen LogP contribution in [0.25, 0.3) is 10.9 Å². The lowest BCUT2D eigenvalue weighted by atomic mass is 10.1. The van der Waals surface area contributed by atoms with Gasteiger partial charge in [0.25, 0.3) is 0 Å². The van der Waals surface area contributed by atoms with Crippen molar-refractivity contribution in [2.45, 2.75) is 19.4 Å². The Morgan fingerprint density at radius 3 is 1.92 bits per heavy atom. The average molecular weight is 498 g/mol. The van der Waals surface area contributed by atoms with Crippen molar-refractivity contribution in [3.05, 3.63) is 131 Å². The fourth-order valence-electron chi connectivity index (χ4n) is 3.95. The van der Waals surface area contributed by atoms with Crippen molar-refractivity contribution in [2.24, 2.45) is 0 Å². The lowest BCUT2D eigenvalue weighted by molar-refractivity contribution is -0.137. The van der Waals surface area contributed by atoms with Gasteiger partial charge in [-0.25, -0.2) is 0 Å². The van der Waals surface area contributed by atoms with Crippen LogP contribution in [0.4, 0.5) is 13.2 Å². The van der Waals surface area contributed by atoms with Gasteiger partial charge in [-0.1, -0.05) is 84.6 Å². The molecule has 5 rings (SSSR count). The van der Waals surface area contributed by atoms with Gasteiger partial charge < -0.3 is 14.5 Å². The van der Waals surface area contributed by atoms with Gasteiger partial charge in [0.05, 0.1) is 16.5 Å². The van der Waals surface area contributed by atoms with Crippen molar-refractivity contribution in [2.75, 3.05) is 0 Å². The minimum absolute atomic E-state index is 0.0831. The number of aromatic nitrogens is 1. The quantitative estimate of drug-likeness (QED) is 0.244. The van der Waals surface area contributed by atoms with Crippen LogP contribution in [-0.4, -0.2) is 4.98 Å². The molecular weight excluding hydrogens is 475 g/mol. The first kappa shape index (κ1) is 24.1. The molecular formula is C31H22F3NO2. The Morgan fingerprint density at radius 2 is 1.27 bits per heavy atom. The molecule has 0 bridgehead atoms. The maximum atomic E-state index is 13.4. The molecule has 6 heteroatoms. The van der Waals surface area contributed by atoms with Crippen LogP contribution < -0.4 is 9.47 Å². The molecule has 0 atom stereocenters. The predicted octanol–water partition coefficient (Wildman–Crippen LogP) is 7.74. The molecule has 0 amide bonds. The third-order valence-electron chi connectivity index (χ3n) is 5.76. The van der Waals surface area contributed by atoms with E-state index in [0.29, 0.717) is 35.8 Å². The van der Waals surface area contributed by atoms with Crippen molar-refractivity contribution in [3.63, 3.8) is 0 Å². The first-order chi connectivity index (χ1) is 18.0. The zero-order chi connectivity index (χ0) is 25.7. The van der Waals surface area contributed by atoms with Gasteiger partial charge in [-0.15, -0.1) is 0 Å². The zero-order valence-corrected chi connectivity index (χ0v) is 19.7. The van der Waals surface area contributed by atoms with Crippen LogP contribution in [-0.2, 0) is 19.4 Å². The van der Waals surface area contributed by atoms with Gasteiger partial charge in [-0.2, -0.15) is 13.2 Å². The van der Waals surface area contributed by atoms with E-state index >= 15 is 0 Å².